The zero-order valence-electron chi connectivity index (χ0n) is 22.3. The number of aromatic nitrogens is 2. The summed E-state index contributed by atoms with van der Waals surface area (Å²) in [6.45, 7) is 10.8. The van der Waals surface area contributed by atoms with Gasteiger partial charge in [-0.15, -0.1) is 0 Å². The summed E-state index contributed by atoms with van der Waals surface area (Å²) in [4.78, 5) is 23.0. The summed E-state index contributed by atoms with van der Waals surface area (Å²) >= 11 is 0. The zero-order valence-corrected chi connectivity index (χ0v) is 22.3. The van der Waals surface area contributed by atoms with E-state index < -0.39 is 5.82 Å². The van der Waals surface area contributed by atoms with Crippen molar-refractivity contribution in [3.63, 3.8) is 0 Å². The van der Waals surface area contributed by atoms with Gasteiger partial charge in [-0.2, -0.15) is 0 Å². The molecule has 0 spiro atoms. The summed E-state index contributed by atoms with van der Waals surface area (Å²) in [5.74, 6) is 0.960. The van der Waals surface area contributed by atoms with Crippen molar-refractivity contribution >= 4 is 23.2 Å². The first-order chi connectivity index (χ1) is 17.7. The lowest BCUT2D eigenvalue weighted by Gasteiger charge is -2.28. The highest BCUT2D eigenvalue weighted by molar-refractivity contribution is 5.94. The Hall–Kier alpha value is -3.88. The van der Waals surface area contributed by atoms with Crippen LogP contribution in [0.1, 0.15) is 43.6 Å². The molecule has 37 heavy (non-hydrogen) atoms. The van der Waals surface area contributed by atoms with Crippen LogP contribution in [0.25, 0.3) is 0 Å². The molecular formula is C28H36FN5O3. The molecule has 0 fully saturated rings. The number of nitrogens with one attached hydrogen (secondary N) is 2. The molecule has 1 aromatic heterocycles. The SMILES string of the molecule is CNC(=O)c1cc(COc2cnc(Nc3ccc(N(CC(C)C)CC(C)C)cc3)nc2)c(F)c(OC)c1. The van der Waals surface area contributed by atoms with Gasteiger partial charge in [0.1, 0.15) is 6.61 Å². The highest BCUT2D eigenvalue weighted by Gasteiger charge is 2.16. The summed E-state index contributed by atoms with van der Waals surface area (Å²) in [6, 6.07) is 11.0. The Bertz CT molecular complexity index is 1160. The van der Waals surface area contributed by atoms with E-state index in [2.05, 4.69) is 65.3 Å². The van der Waals surface area contributed by atoms with E-state index >= 15 is 0 Å². The number of hydrogen-bond donors (Lipinski definition) is 2. The molecule has 2 aromatic carbocycles. The number of halogens is 1. The van der Waals surface area contributed by atoms with E-state index in [1.54, 1.807) is 0 Å². The van der Waals surface area contributed by atoms with Gasteiger partial charge in [-0.3, -0.25) is 4.79 Å². The van der Waals surface area contributed by atoms with Crippen LogP contribution in [0, 0.1) is 17.7 Å². The molecule has 0 unspecified atom stereocenters. The monoisotopic (exact) mass is 509 g/mol. The van der Waals surface area contributed by atoms with Gasteiger partial charge in [0.05, 0.1) is 19.5 Å². The average molecular weight is 510 g/mol. The number of amides is 1. The minimum Gasteiger partial charge on any atom is -0.494 e. The van der Waals surface area contributed by atoms with E-state index in [0.717, 1.165) is 18.8 Å². The van der Waals surface area contributed by atoms with Gasteiger partial charge in [-0.1, -0.05) is 27.7 Å². The molecule has 0 saturated carbocycles. The number of carbonyl (C=O) groups excluding carboxylic acids is 1. The van der Waals surface area contributed by atoms with Crippen molar-refractivity contribution in [1.29, 1.82) is 0 Å². The lowest BCUT2D eigenvalue weighted by Crippen LogP contribution is -2.31. The Morgan fingerprint density at radius 1 is 1.03 bits per heavy atom. The summed E-state index contributed by atoms with van der Waals surface area (Å²) in [5.41, 5.74) is 2.51. The van der Waals surface area contributed by atoms with Gasteiger partial charge in [-0.05, 0) is 48.2 Å². The molecule has 8 nitrogen and oxygen atoms in total. The fourth-order valence-corrected chi connectivity index (χ4v) is 3.85. The van der Waals surface area contributed by atoms with Crippen molar-refractivity contribution in [2.75, 3.05) is 37.5 Å². The molecule has 3 rings (SSSR count). The van der Waals surface area contributed by atoms with Gasteiger partial charge >= 0.3 is 0 Å². The van der Waals surface area contributed by atoms with Crippen molar-refractivity contribution in [3.8, 4) is 11.5 Å². The van der Waals surface area contributed by atoms with Crippen molar-refractivity contribution in [3.05, 3.63) is 65.7 Å². The first kappa shape index (κ1) is 27.7. The third-order valence-electron chi connectivity index (χ3n) is 5.51. The molecule has 0 aliphatic rings. The van der Waals surface area contributed by atoms with Gasteiger partial charge < -0.3 is 25.0 Å². The van der Waals surface area contributed by atoms with E-state index in [9.17, 15) is 9.18 Å². The quantitative estimate of drug-likeness (QED) is 0.337. The lowest BCUT2D eigenvalue weighted by atomic mass is 10.1. The highest BCUT2D eigenvalue weighted by Crippen LogP contribution is 2.25. The van der Waals surface area contributed by atoms with Gasteiger partial charge in [0.25, 0.3) is 5.91 Å². The van der Waals surface area contributed by atoms with E-state index in [1.165, 1.54) is 44.4 Å². The number of ether oxygens (including phenoxy) is 2. The van der Waals surface area contributed by atoms with Crippen LogP contribution in [0.5, 0.6) is 11.5 Å². The molecule has 0 aliphatic heterocycles. The highest BCUT2D eigenvalue weighted by atomic mass is 19.1. The molecule has 0 aliphatic carbocycles. The smallest absolute Gasteiger partial charge is 0.251 e. The van der Waals surface area contributed by atoms with Gasteiger partial charge in [-0.25, -0.2) is 14.4 Å². The van der Waals surface area contributed by atoms with Crippen LogP contribution in [-0.2, 0) is 6.61 Å². The second kappa shape index (κ2) is 12.9. The summed E-state index contributed by atoms with van der Waals surface area (Å²) in [7, 11) is 2.85. The van der Waals surface area contributed by atoms with E-state index in [4.69, 9.17) is 9.47 Å². The van der Waals surface area contributed by atoms with Crippen LogP contribution in [-0.4, -0.2) is 43.1 Å². The van der Waals surface area contributed by atoms with Gasteiger partial charge in [0.15, 0.2) is 17.3 Å². The Morgan fingerprint density at radius 2 is 1.65 bits per heavy atom. The van der Waals surface area contributed by atoms with Crippen LogP contribution in [0.2, 0.25) is 0 Å². The van der Waals surface area contributed by atoms with Crippen LogP contribution < -0.4 is 25.0 Å². The Kier molecular flexibility index (Phi) is 9.65. The van der Waals surface area contributed by atoms with Crippen molar-refractivity contribution in [2.24, 2.45) is 11.8 Å². The number of nitrogens with zero attached hydrogens (tertiary/aromatic N) is 3. The van der Waals surface area contributed by atoms with Crippen LogP contribution in [0.3, 0.4) is 0 Å². The average Bonchev–Trinajstić information content (AvgIpc) is 2.88. The molecule has 0 radical (unpaired) electrons. The molecule has 1 heterocycles. The maximum atomic E-state index is 14.7. The number of carbonyl (C=O) groups is 1. The second-order valence-corrected chi connectivity index (χ2v) is 9.63. The number of benzene rings is 2. The Balaban J connectivity index is 1.64. The van der Waals surface area contributed by atoms with Crippen molar-refractivity contribution < 1.29 is 18.7 Å². The van der Waals surface area contributed by atoms with Crippen LogP contribution >= 0.6 is 0 Å². The Morgan fingerprint density at radius 3 is 2.19 bits per heavy atom. The fourth-order valence-electron chi connectivity index (χ4n) is 3.85. The fraction of sp³-hybridized carbons (Fsp3) is 0.393. The maximum absolute atomic E-state index is 14.7. The first-order valence-electron chi connectivity index (χ1n) is 12.4. The minimum absolute atomic E-state index is 0.0296. The molecule has 0 saturated heterocycles. The summed E-state index contributed by atoms with van der Waals surface area (Å²) in [5, 5.41) is 5.70. The van der Waals surface area contributed by atoms with Gasteiger partial charge in [0.2, 0.25) is 5.95 Å². The largest absolute Gasteiger partial charge is 0.494 e. The third-order valence-corrected chi connectivity index (χ3v) is 5.51. The number of anilines is 3. The third kappa shape index (κ3) is 7.80. The molecular weight excluding hydrogens is 473 g/mol. The maximum Gasteiger partial charge on any atom is 0.251 e. The number of methoxy groups -OCH3 is 1. The predicted octanol–water partition coefficient (Wildman–Crippen LogP) is 5.42. The van der Waals surface area contributed by atoms with Crippen molar-refractivity contribution in [1.82, 2.24) is 15.3 Å². The normalized spacial score (nSPS) is 10.9. The molecule has 2 N–H and O–H groups in total. The molecule has 0 atom stereocenters. The van der Waals surface area contributed by atoms with E-state index in [1.807, 2.05) is 12.1 Å². The zero-order chi connectivity index (χ0) is 26.9. The first-order valence-corrected chi connectivity index (χ1v) is 12.4. The van der Waals surface area contributed by atoms with Crippen LogP contribution in [0.4, 0.5) is 21.7 Å². The lowest BCUT2D eigenvalue weighted by molar-refractivity contribution is 0.0962. The molecule has 9 heteroatoms. The molecule has 1 amide bonds. The molecule has 0 bridgehead atoms. The van der Waals surface area contributed by atoms with E-state index in [-0.39, 0.29) is 29.4 Å². The molecule has 3 aromatic rings. The second-order valence-electron chi connectivity index (χ2n) is 9.63. The molecule has 198 valence electrons. The minimum atomic E-state index is -0.585. The number of hydrogen-bond acceptors (Lipinski definition) is 7. The Labute approximate surface area is 218 Å². The summed E-state index contributed by atoms with van der Waals surface area (Å²) < 4.78 is 25.4. The summed E-state index contributed by atoms with van der Waals surface area (Å²) in [6.07, 6.45) is 3.02. The van der Waals surface area contributed by atoms with Gasteiger partial charge in [0, 0.05) is 42.6 Å². The number of rotatable bonds is 12. The standard InChI is InChI=1S/C28H36FN5O3/c1-18(2)15-34(16-19(3)4)23-9-7-22(8-10-23)33-28-31-13-24(14-32-28)37-17-21-11-20(27(35)30-5)12-25(36-6)26(21)29/h7-14,18-19H,15-17H2,1-6H3,(H,30,35)(H,31,32,33). The predicted molar refractivity (Wildman–Crippen MR) is 144 cm³/mol. The van der Waals surface area contributed by atoms with Crippen LogP contribution in [0.15, 0.2) is 48.8 Å². The van der Waals surface area contributed by atoms with E-state index in [0.29, 0.717) is 23.5 Å². The van der Waals surface area contributed by atoms with Crippen molar-refractivity contribution in [2.45, 2.75) is 34.3 Å². The topological polar surface area (TPSA) is 88.6 Å².